The third-order valence-corrected chi connectivity index (χ3v) is 6.24. The van der Waals surface area contributed by atoms with Gasteiger partial charge in [0.2, 0.25) is 11.8 Å². The Morgan fingerprint density at radius 3 is 2.31 bits per heavy atom. The number of benzene rings is 1. The van der Waals surface area contributed by atoms with E-state index in [1.165, 1.54) is 40.9 Å². The lowest BCUT2D eigenvalue weighted by Gasteiger charge is -2.05. The quantitative estimate of drug-likeness (QED) is 0.582. The minimum Gasteiger partial charge on any atom is -0.355 e. The molecule has 0 bridgehead atoms. The second kappa shape index (κ2) is 11.1. The minimum absolute atomic E-state index is 0.0335. The van der Waals surface area contributed by atoms with Crippen LogP contribution in [0.3, 0.4) is 0 Å². The Kier molecular flexibility index (Phi) is 8.86. The van der Waals surface area contributed by atoms with Crippen LogP contribution in [0.15, 0.2) is 32.9 Å². The third-order valence-electron chi connectivity index (χ3n) is 3.05. The summed E-state index contributed by atoms with van der Waals surface area (Å²) >= 11 is 3.92. The summed E-state index contributed by atoms with van der Waals surface area (Å²) in [5, 5.41) is 13.5. The molecule has 0 atom stereocenters. The lowest BCUT2D eigenvalue weighted by Crippen LogP contribution is -2.25. The van der Waals surface area contributed by atoms with E-state index in [1.807, 2.05) is 6.92 Å². The first-order valence-corrected chi connectivity index (χ1v) is 10.7. The van der Waals surface area contributed by atoms with E-state index in [0.717, 1.165) is 6.42 Å². The Bertz CT molecular complexity index is 742. The van der Waals surface area contributed by atoms with Gasteiger partial charge in [0.1, 0.15) is 5.82 Å². The van der Waals surface area contributed by atoms with E-state index in [-0.39, 0.29) is 29.9 Å². The number of nitrogens with zero attached hydrogens (tertiary/aromatic N) is 2. The number of halogens is 1. The number of hydrogen-bond acceptors (Lipinski definition) is 7. The minimum atomic E-state index is -0.339. The van der Waals surface area contributed by atoms with Crippen LogP contribution in [0.25, 0.3) is 0 Å². The molecule has 0 spiro atoms. The van der Waals surface area contributed by atoms with Gasteiger partial charge in [0.25, 0.3) is 0 Å². The van der Waals surface area contributed by atoms with Crippen molar-refractivity contribution in [1.29, 1.82) is 0 Å². The molecule has 6 nitrogen and oxygen atoms in total. The van der Waals surface area contributed by atoms with Gasteiger partial charge < -0.3 is 10.6 Å². The second-order valence-corrected chi connectivity index (χ2v) is 8.55. The maximum atomic E-state index is 13.5. The summed E-state index contributed by atoms with van der Waals surface area (Å²) in [6, 6.07) is 6.32. The lowest BCUT2D eigenvalue weighted by atomic mass is 10.2. The monoisotopic (exact) mass is 414 g/mol. The first-order chi connectivity index (χ1) is 12.6. The van der Waals surface area contributed by atoms with E-state index in [1.54, 1.807) is 18.2 Å². The third kappa shape index (κ3) is 7.30. The molecule has 2 N–H and O–H groups in total. The zero-order valence-electron chi connectivity index (χ0n) is 14.2. The van der Waals surface area contributed by atoms with Gasteiger partial charge >= 0.3 is 0 Å². The number of aromatic nitrogens is 2. The van der Waals surface area contributed by atoms with Crippen molar-refractivity contribution in [3.05, 3.63) is 35.6 Å². The maximum absolute atomic E-state index is 13.5. The Morgan fingerprint density at radius 2 is 1.69 bits per heavy atom. The summed E-state index contributed by atoms with van der Waals surface area (Å²) < 4.78 is 14.8. The first kappa shape index (κ1) is 20.7. The summed E-state index contributed by atoms with van der Waals surface area (Å²) in [7, 11) is 0. The van der Waals surface area contributed by atoms with E-state index in [2.05, 4.69) is 20.8 Å². The highest BCUT2D eigenvalue weighted by Gasteiger charge is 2.11. The van der Waals surface area contributed by atoms with Crippen LogP contribution in [-0.4, -0.2) is 40.1 Å². The van der Waals surface area contributed by atoms with Crippen LogP contribution in [-0.2, 0) is 16.1 Å². The number of rotatable bonds is 10. The molecule has 10 heteroatoms. The van der Waals surface area contributed by atoms with Gasteiger partial charge in [0, 0.05) is 18.7 Å². The topological polar surface area (TPSA) is 84.0 Å². The van der Waals surface area contributed by atoms with Crippen LogP contribution >= 0.6 is 34.9 Å². The molecule has 0 aliphatic heterocycles. The molecular formula is C16H19FN4O2S3. The van der Waals surface area contributed by atoms with Gasteiger partial charge in [-0.3, -0.25) is 9.59 Å². The first-order valence-electron chi connectivity index (χ1n) is 7.94. The van der Waals surface area contributed by atoms with Crippen LogP contribution in [0.4, 0.5) is 4.39 Å². The SMILES string of the molecule is CCCNC(=O)CSc1nnc(SCC(=O)NCc2ccccc2F)s1. The van der Waals surface area contributed by atoms with Gasteiger partial charge in [-0.25, -0.2) is 4.39 Å². The molecule has 2 amide bonds. The molecule has 140 valence electrons. The van der Waals surface area contributed by atoms with Crippen molar-refractivity contribution < 1.29 is 14.0 Å². The maximum Gasteiger partial charge on any atom is 0.230 e. The number of amides is 2. The Hall–Kier alpha value is -1.65. The number of carbonyl (C=O) groups excluding carboxylic acids is 2. The summed E-state index contributed by atoms with van der Waals surface area (Å²) in [5.41, 5.74) is 0.446. The van der Waals surface area contributed by atoms with Gasteiger partial charge in [-0.15, -0.1) is 10.2 Å². The molecule has 0 fully saturated rings. The predicted octanol–water partition coefficient (Wildman–Crippen LogP) is 2.70. The number of thioether (sulfide) groups is 2. The van der Waals surface area contributed by atoms with Crippen LogP contribution in [0, 0.1) is 5.82 Å². The molecule has 0 saturated carbocycles. The van der Waals surface area contributed by atoms with Crippen LogP contribution in [0.5, 0.6) is 0 Å². The molecule has 1 heterocycles. The summed E-state index contributed by atoms with van der Waals surface area (Å²) in [4.78, 5) is 23.4. The van der Waals surface area contributed by atoms with E-state index in [0.29, 0.717) is 26.5 Å². The van der Waals surface area contributed by atoms with Gasteiger partial charge in [-0.2, -0.15) is 0 Å². The Morgan fingerprint density at radius 1 is 1.08 bits per heavy atom. The fourth-order valence-electron chi connectivity index (χ4n) is 1.77. The molecule has 0 aliphatic carbocycles. The zero-order valence-corrected chi connectivity index (χ0v) is 16.6. The molecule has 0 unspecified atom stereocenters. The number of nitrogens with one attached hydrogen (secondary N) is 2. The summed E-state index contributed by atoms with van der Waals surface area (Å²) in [6.07, 6.45) is 0.898. The highest BCUT2D eigenvalue weighted by Crippen LogP contribution is 2.28. The van der Waals surface area contributed by atoms with Crippen LogP contribution in [0.1, 0.15) is 18.9 Å². The van der Waals surface area contributed by atoms with E-state index < -0.39 is 0 Å². The van der Waals surface area contributed by atoms with E-state index in [9.17, 15) is 14.0 Å². The van der Waals surface area contributed by atoms with Crippen LogP contribution < -0.4 is 10.6 Å². The van der Waals surface area contributed by atoms with Crippen molar-refractivity contribution >= 4 is 46.7 Å². The average molecular weight is 415 g/mol. The molecule has 0 aliphatic rings. The fourth-order valence-corrected chi connectivity index (χ4v) is 4.45. The molecule has 2 aromatic rings. The smallest absolute Gasteiger partial charge is 0.230 e. The predicted molar refractivity (Wildman–Crippen MR) is 103 cm³/mol. The lowest BCUT2D eigenvalue weighted by molar-refractivity contribution is -0.119. The molecule has 0 saturated heterocycles. The molecule has 2 rings (SSSR count). The Labute approximate surface area is 163 Å². The normalized spacial score (nSPS) is 10.5. The average Bonchev–Trinajstić information content (AvgIpc) is 3.10. The van der Waals surface area contributed by atoms with Gasteiger partial charge in [-0.05, 0) is 12.5 Å². The van der Waals surface area contributed by atoms with Gasteiger partial charge in [-0.1, -0.05) is 60.0 Å². The molecule has 0 radical (unpaired) electrons. The highest BCUT2D eigenvalue weighted by molar-refractivity contribution is 8.03. The van der Waals surface area contributed by atoms with Crippen molar-refractivity contribution in [2.24, 2.45) is 0 Å². The van der Waals surface area contributed by atoms with Gasteiger partial charge in [0.15, 0.2) is 8.68 Å². The van der Waals surface area contributed by atoms with Gasteiger partial charge in [0.05, 0.1) is 11.5 Å². The van der Waals surface area contributed by atoms with Crippen molar-refractivity contribution in [2.45, 2.75) is 28.6 Å². The number of carbonyl (C=O) groups is 2. The molecule has 1 aromatic carbocycles. The summed E-state index contributed by atoms with van der Waals surface area (Å²) in [5.74, 6) is -0.114. The standard InChI is InChI=1S/C16H19FN4O2S3/c1-2-7-18-13(22)9-24-15-20-21-16(26-15)25-10-14(23)19-8-11-5-3-4-6-12(11)17/h3-6H,2,7-10H2,1H3,(H,18,22)(H,19,23). The van der Waals surface area contributed by atoms with E-state index in [4.69, 9.17) is 0 Å². The second-order valence-electron chi connectivity index (χ2n) is 5.13. The summed E-state index contributed by atoms with van der Waals surface area (Å²) in [6.45, 7) is 2.81. The molecule has 26 heavy (non-hydrogen) atoms. The Balaban J connectivity index is 1.69. The van der Waals surface area contributed by atoms with E-state index >= 15 is 0 Å². The van der Waals surface area contributed by atoms with Crippen molar-refractivity contribution in [1.82, 2.24) is 20.8 Å². The fraction of sp³-hybridized carbons (Fsp3) is 0.375. The molecule has 1 aromatic heterocycles. The van der Waals surface area contributed by atoms with Crippen molar-refractivity contribution in [3.8, 4) is 0 Å². The van der Waals surface area contributed by atoms with Crippen molar-refractivity contribution in [2.75, 3.05) is 18.1 Å². The zero-order chi connectivity index (χ0) is 18.8. The largest absolute Gasteiger partial charge is 0.355 e. The van der Waals surface area contributed by atoms with Crippen molar-refractivity contribution in [3.63, 3.8) is 0 Å². The highest BCUT2D eigenvalue weighted by atomic mass is 32.2. The molecular weight excluding hydrogens is 395 g/mol. The van der Waals surface area contributed by atoms with Crippen LogP contribution in [0.2, 0.25) is 0 Å². The number of hydrogen-bond donors (Lipinski definition) is 2.